The maximum Gasteiger partial charge on any atom is 0.137 e. The van der Waals surface area contributed by atoms with Crippen LogP contribution in [0, 0.1) is 17.8 Å². The summed E-state index contributed by atoms with van der Waals surface area (Å²) in [6, 6.07) is 0.635. The highest BCUT2D eigenvalue weighted by atomic mass is 16.1. The van der Waals surface area contributed by atoms with Crippen LogP contribution in [0.1, 0.15) is 51.9 Å². The van der Waals surface area contributed by atoms with Crippen molar-refractivity contribution < 1.29 is 4.79 Å². The molecule has 1 aliphatic carbocycles. The van der Waals surface area contributed by atoms with Crippen LogP contribution in [0.4, 0.5) is 0 Å². The summed E-state index contributed by atoms with van der Waals surface area (Å²) >= 11 is 0. The van der Waals surface area contributed by atoms with E-state index < -0.39 is 0 Å². The fourth-order valence-electron chi connectivity index (χ4n) is 4.73. The molecule has 3 rings (SSSR count). The Hall–Kier alpha value is -0.370. The van der Waals surface area contributed by atoms with Gasteiger partial charge >= 0.3 is 0 Å². The van der Waals surface area contributed by atoms with E-state index in [1.165, 1.54) is 51.6 Å². The molecule has 1 saturated carbocycles. The van der Waals surface area contributed by atoms with Crippen LogP contribution in [0.5, 0.6) is 0 Å². The standard InChI is InChI=1S/C15H25NO/c1-2-5-11-10-14(17)13-7-4-9-16-8-3-6-12(11)15(13)16/h11-13,15H,2-10H2,1H3/t11-,12+,13-,15-/m0/s1. The molecule has 17 heavy (non-hydrogen) atoms. The molecule has 2 nitrogen and oxygen atoms in total. The van der Waals surface area contributed by atoms with Gasteiger partial charge in [0.2, 0.25) is 0 Å². The molecule has 2 aliphatic heterocycles. The first-order chi connectivity index (χ1) is 8.31. The fraction of sp³-hybridized carbons (Fsp3) is 0.933. The van der Waals surface area contributed by atoms with Crippen molar-refractivity contribution in [2.24, 2.45) is 17.8 Å². The van der Waals surface area contributed by atoms with Gasteiger partial charge in [0.1, 0.15) is 5.78 Å². The Morgan fingerprint density at radius 3 is 2.76 bits per heavy atom. The Bertz CT molecular complexity index is 299. The summed E-state index contributed by atoms with van der Waals surface area (Å²) in [5.74, 6) is 2.54. The van der Waals surface area contributed by atoms with Crippen molar-refractivity contribution in [1.82, 2.24) is 4.90 Å². The molecule has 0 bridgehead atoms. The fourth-order valence-corrected chi connectivity index (χ4v) is 4.73. The second-order valence-electron chi connectivity index (χ2n) is 6.30. The molecule has 0 unspecified atom stereocenters. The smallest absolute Gasteiger partial charge is 0.137 e. The molecule has 0 spiro atoms. The molecule has 2 heteroatoms. The van der Waals surface area contributed by atoms with Crippen molar-refractivity contribution in [3.8, 4) is 0 Å². The number of carbonyl (C=O) groups is 1. The molecule has 0 aromatic heterocycles. The Labute approximate surface area is 105 Å². The normalized spacial score (nSPS) is 42.3. The number of nitrogens with zero attached hydrogens (tertiary/aromatic N) is 1. The lowest BCUT2D eigenvalue weighted by molar-refractivity contribution is -0.138. The zero-order valence-corrected chi connectivity index (χ0v) is 11.0. The quantitative estimate of drug-likeness (QED) is 0.733. The molecular weight excluding hydrogens is 210 g/mol. The monoisotopic (exact) mass is 235 g/mol. The predicted octanol–water partition coefficient (Wildman–Crippen LogP) is 2.87. The van der Waals surface area contributed by atoms with Gasteiger partial charge in [-0.3, -0.25) is 9.69 Å². The van der Waals surface area contributed by atoms with Gasteiger partial charge < -0.3 is 0 Å². The molecule has 2 saturated heterocycles. The lowest BCUT2D eigenvalue weighted by Gasteiger charge is -2.53. The highest BCUT2D eigenvalue weighted by molar-refractivity contribution is 5.83. The first kappa shape index (κ1) is 11.7. The molecular formula is C15H25NO. The van der Waals surface area contributed by atoms with Crippen molar-refractivity contribution in [2.45, 2.75) is 57.9 Å². The van der Waals surface area contributed by atoms with Crippen LogP contribution in [-0.2, 0) is 4.79 Å². The van der Waals surface area contributed by atoms with Crippen LogP contribution in [0.15, 0.2) is 0 Å². The maximum absolute atomic E-state index is 12.3. The van der Waals surface area contributed by atoms with E-state index in [1.54, 1.807) is 0 Å². The van der Waals surface area contributed by atoms with Gasteiger partial charge in [-0.25, -0.2) is 0 Å². The highest BCUT2D eigenvalue weighted by Crippen LogP contribution is 2.45. The van der Waals surface area contributed by atoms with E-state index in [4.69, 9.17) is 0 Å². The van der Waals surface area contributed by atoms with Crippen LogP contribution < -0.4 is 0 Å². The summed E-state index contributed by atoms with van der Waals surface area (Å²) in [7, 11) is 0. The van der Waals surface area contributed by atoms with Crippen LogP contribution >= 0.6 is 0 Å². The number of ketones is 1. The topological polar surface area (TPSA) is 20.3 Å². The molecule has 96 valence electrons. The third kappa shape index (κ3) is 1.95. The Balaban J connectivity index is 1.84. The van der Waals surface area contributed by atoms with Gasteiger partial charge in [0.25, 0.3) is 0 Å². The minimum absolute atomic E-state index is 0.405. The number of piperidine rings is 2. The summed E-state index contributed by atoms with van der Waals surface area (Å²) < 4.78 is 0. The summed E-state index contributed by atoms with van der Waals surface area (Å²) in [4.78, 5) is 15.0. The van der Waals surface area contributed by atoms with E-state index in [9.17, 15) is 4.79 Å². The van der Waals surface area contributed by atoms with Crippen molar-refractivity contribution in [3.05, 3.63) is 0 Å². The second kappa shape index (κ2) is 4.72. The van der Waals surface area contributed by atoms with Crippen molar-refractivity contribution in [1.29, 1.82) is 0 Å². The van der Waals surface area contributed by atoms with Gasteiger partial charge in [0.15, 0.2) is 0 Å². The predicted molar refractivity (Wildman–Crippen MR) is 68.8 cm³/mol. The second-order valence-corrected chi connectivity index (χ2v) is 6.30. The Morgan fingerprint density at radius 1 is 1.24 bits per heavy atom. The third-order valence-corrected chi connectivity index (χ3v) is 5.36. The van der Waals surface area contributed by atoms with E-state index in [0.29, 0.717) is 23.7 Å². The van der Waals surface area contributed by atoms with Crippen molar-refractivity contribution in [3.63, 3.8) is 0 Å². The average molecular weight is 235 g/mol. The SMILES string of the molecule is CCC[C@H]1CC(=O)[C@@H]2CCCN3CCC[C@H]1[C@@H]23. The molecule has 0 amide bonds. The van der Waals surface area contributed by atoms with Gasteiger partial charge in [-0.2, -0.15) is 0 Å². The van der Waals surface area contributed by atoms with Crippen LogP contribution in [-0.4, -0.2) is 29.8 Å². The van der Waals surface area contributed by atoms with Crippen molar-refractivity contribution in [2.75, 3.05) is 13.1 Å². The van der Waals surface area contributed by atoms with E-state index in [0.717, 1.165) is 12.3 Å². The minimum atomic E-state index is 0.405. The lowest BCUT2D eigenvalue weighted by Crippen LogP contribution is -2.59. The Morgan fingerprint density at radius 2 is 2.00 bits per heavy atom. The molecule has 2 heterocycles. The number of hydrogen-bond donors (Lipinski definition) is 0. The zero-order valence-electron chi connectivity index (χ0n) is 11.0. The van der Waals surface area contributed by atoms with Crippen LogP contribution in [0.2, 0.25) is 0 Å². The molecule has 3 aliphatic rings. The summed E-state index contributed by atoms with van der Waals surface area (Å²) in [5, 5.41) is 0. The van der Waals surface area contributed by atoms with Crippen LogP contribution in [0.25, 0.3) is 0 Å². The van der Waals surface area contributed by atoms with Gasteiger partial charge in [0, 0.05) is 18.4 Å². The average Bonchev–Trinajstić information content (AvgIpc) is 2.35. The van der Waals surface area contributed by atoms with Crippen LogP contribution in [0.3, 0.4) is 0 Å². The minimum Gasteiger partial charge on any atom is -0.299 e. The molecule has 0 aromatic carbocycles. The van der Waals surface area contributed by atoms with Gasteiger partial charge in [0.05, 0.1) is 0 Å². The molecule has 4 atom stereocenters. The number of Topliss-reactive ketones (excluding diaryl/α,β-unsaturated/α-hetero) is 1. The van der Waals surface area contributed by atoms with Gasteiger partial charge in [-0.05, 0) is 57.0 Å². The lowest BCUT2D eigenvalue weighted by atomic mass is 9.62. The number of rotatable bonds is 2. The summed E-state index contributed by atoms with van der Waals surface area (Å²) in [6.07, 6.45) is 8.58. The van der Waals surface area contributed by atoms with Gasteiger partial charge in [-0.15, -0.1) is 0 Å². The van der Waals surface area contributed by atoms with E-state index >= 15 is 0 Å². The first-order valence-electron chi connectivity index (χ1n) is 7.58. The summed E-state index contributed by atoms with van der Waals surface area (Å²) in [5.41, 5.74) is 0. The summed E-state index contributed by atoms with van der Waals surface area (Å²) in [6.45, 7) is 4.77. The van der Waals surface area contributed by atoms with Crippen molar-refractivity contribution >= 4 is 5.78 Å². The first-order valence-corrected chi connectivity index (χ1v) is 7.58. The molecule has 3 fully saturated rings. The molecule has 0 aromatic rings. The third-order valence-electron chi connectivity index (χ3n) is 5.36. The molecule has 0 N–H and O–H groups in total. The number of carbonyl (C=O) groups excluding carboxylic acids is 1. The maximum atomic E-state index is 12.3. The van der Waals surface area contributed by atoms with E-state index in [1.807, 2.05) is 0 Å². The van der Waals surface area contributed by atoms with E-state index in [-0.39, 0.29) is 0 Å². The number of hydrogen-bond acceptors (Lipinski definition) is 2. The molecule has 0 radical (unpaired) electrons. The highest BCUT2D eigenvalue weighted by Gasteiger charge is 2.48. The zero-order chi connectivity index (χ0) is 11.8. The van der Waals surface area contributed by atoms with Gasteiger partial charge in [-0.1, -0.05) is 13.3 Å². The largest absolute Gasteiger partial charge is 0.299 e. The van der Waals surface area contributed by atoms with E-state index in [2.05, 4.69) is 11.8 Å². The Kier molecular flexibility index (Phi) is 3.25.